The fourth-order valence-corrected chi connectivity index (χ4v) is 2.78. The minimum absolute atomic E-state index is 0.0445. The number of nitrogens with two attached hydrogens (primary N) is 1. The van der Waals surface area contributed by atoms with Gasteiger partial charge in [0.25, 0.3) is 0 Å². The van der Waals surface area contributed by atoms with E-state index < -0.39 is 36.0 Å². The average molecular weight is 314 g/mol. The number of anilines is 1. The van der Waals surface area contributed by atoms with Crippen LogP contribution in [0.15, 0.2) is 12.5 Å². The first-order valence-electron chi connectivity index (χ1n) is 6.72. The van der Waals surface area contributed by atoms with Crippen LogP contribution in [-0.2, 0) is 4.74 Å². The highest BCUT2D eigenvalue weighted by atomic mass is 19.1. The molecule has 9 heteroatoms. The SMILES string of the molecule is CC(O)[C@H]1OC(n2cc(F)c3c(N)ncnc32)[C@](C)(F)[C@@H]1O. The molecule has 2 aromatic rings. The number of aliphatic hydroxyl groups excluding tert-OH is 2. The van der Waals surface area contributed by atoms with E-state index in [0.29, 0.717) is 0 Å². The zero-order valence-electron chi connectivity index (χ0n) is 11.9. The molecular weight excluding hydrogens is 298 g/mol. The van der Waals surface area contributed by atoms with E-state index in [4.69, 9.17) is 10.5 Å². The van der Waals surface area contributed by atoms with Gasteiger partial charge in [0.05, 0.1) is 11.5 Å². The molecule has 1 saturated heterocycles. The molecule has 1 aliphatic rings. The van der Waals surface area contributed by atoms with Crippen LogP contribution in [0.4, 0.5) is 14.6 Å². The Morgan fingerprint density at radius 3 is 2.77 bits per heavy atom. The minimum atomic E-state index is -2.25. The van der Waals surface area contributed by atoms with Crippen molar-refractivity contribution in [1.82, 2.24) is 14.5 Å². The monoisotopic (exact) mass is 314 g/mol. The maximum atomic E-state index is 14.9. The van der Waals surface area contributed by atoms with Crippen molar-refractivity contribution in [3.63, 3.8) is 0 Å². The summed E-state index contributed by atoms with van der Waals surface area (Å²) in [4.78, 5) is 7.60. The molecule has 22 heavy (non-hydrogen) atoms. The van der Waals surface area contributed by atoms with Gasteiger partial charge in [-0.15, -0.1) is 0 Å². The molecule has 4 N–H and O–H groups in total. The molecule has 1 fully saturated rings. The van der Waals surface area contributed by atoms with Gasteiger partial charge in [0.15, 0.2) is 23.4 Å². The second-order valence-corrected chi connectivity index (χ2v) is 5.63. The lowest BCUT2D eigenvalue weighted by Gasteiger charge is -2.25. The topological polar surface area (TPSA) is 106 Å². The molecule has 7 nitrogen and oxygen atoms in total. The van der Waals surface area contributed by atoms with Crippen LogP contribution in [0.1, 0.15) is 20.1 Å². The molecule has 0 saturated carbocycles. The molecule has 0 spiro atoms. The molecule has 0 bridgehead atoms. The fraction of sp³-hybridized carbons (Fsp3) is 0.538. The van der Waals surface area contributed by atoms with E-state index in [2.05, 4.69) is 9.97 Å². The summed E-state index contributed by atoms with van der Waals surface area (Å²) in [6.07, 6.45) is -3.04. The number of hydrogen-bond donors (Lipinski definition) is 3. The number of rotatable bonds is 2. The van der Waals surface area contributed by atoms with Crippen LogP contribution < -0.4 is 5.73 Å². The van der Waals surface area contributed by atoms with Crippen molar-refractivity contribution < 1.29 is 23.7 Å². The Bertz CT molecular complexity index is 719. The van der Waals surface area contributed by atoms with E-state index in [1.165, 1.54) is 6.92 Å². The van der Waals surface area contributed by atoms with Crippen molar-refractivity contribution >= 4 is 16.9 Å². The van der Waals surface area contributed by atoms with Gasteiger partial charge in [0.2, 0.25) is 0 Å². The maximum Gasteiger partial charge on any atom is 0.181 e. The van der Waals surface area contributed by atoms with Crippen LogP contribution in [0.2, 0.25) is 0 Å². The predicted molar refractivity (Wildman–Crippen MR) is 73.0 cm³/mol. The first-order chi connectivity index (χ1) is 10.2. The third kappa shape index (κ3) is 1.97. The van der Waals surface area contributed by atoms with E-state index in [-0.39, 0.29) is 16.9 Å². The molecule has 2 unspecified atom stereocenters. The van der Waals surface area contributed by atoms with Gasteiger partial charge in [0.1, 0.15) is 24.4 Å². The number of nitrogen functional groups attached to an aromatic ring is 1. The van der Waals surface area contributed by atoms with E-state index in [1.807, 2.05) is 0 Å². The molecule has 0 amide bonds. The quantitative estimate of drug-likeness (QED) is 0.746. The lowest BCUT2D eigenvalue weighted by molar-refractivity contribution is -0.0795. The minimum Gasteiger partial charge on any atom is -0.391 e. The highest BCUT2D eigenvalue weighted by Crippen LogP contribution is 2.44. The van der Waals surface area contributed by atoms with Gasteiger partial charge in [-0.05, 0) is 13.8 Å². The first-order valence-corrected chi connectivity index (χ1v) is 6.72. The van der Waals surface area contributed by atoms with Gasteiger partial charge in [0, 0.05) is 6.20 Å². The van der Waals surface area contributed by atoms with Gasteiger partial charge in [-0.3, -0.25) is 4.57 Å². The van der Waals surface area contributed by atoms with Crippen molar-refractivity contribution in [3.8, 4) is 0 Å². The number of aromatic nitrogens is 3. The van der Waals surface area contributed by atoms with Crippen LogP contribution in [0.25, 0.3) is 11.0 Å². The smallest absolute Gasteiger partial charge is 0.181 e. The Balaban J connectivity index is 2.14. The van der Waals surface area contributed by atoms with Crippen molar-refractivity contribution in [2.24, 2.45) is 0 Å². The molecule has 0 aliphatic carbocycles. The number of fused-ring (bicyclic) bond motifs is 1. The fourth-order valence-electron chi connectivity index (χ4n) is 2.78. The van der Waals surface area contributed by atoms with Crippen molar-refractivity contribution in [2.45, 2.75) is 44.1 Å². The number of hydrogen-bond acceptors (Lipinski definition) is 6. The van der Waals surface area contributed by atoms with Gasteiger partial charge < -0.3 is 20.7 Å². The summed E-state index contributed by atoms with van der Waals surface area (Å²) in [7, 11) is 0. The highest BCUT2D eigenvalue weighted by Gasteiger charge is 2.56. The standard InChI is InChI=1S/C13H16F2N4O3/c1-5(20)8-9(21)13(2,15)12(22-8)19-3-6(14)7-10(16)17-4-18-11(7)19/h3-5,8-9,12,20-21H,1-2H3,(H2,16,17,18)/t5?,8-,9-,12?,13-/m1/s1. The second-order valence-electron chi connectivity index (χ2n) is 5.63. The summed E-state index contributed by atoms with van der Waals surface area (Å²) in [5.41, 5.74) is 3.41. The third-order valence-corrected chi connectivity index (χ3v) is 3.98. The first kappa shape index (κ1) is 15.1. The normalized spacial score (nSPS) is 33.5. The predicted octanol–water partition coefficient (Wildman–Crippen LogP) is 0.520. The molecule has 5 atom stereocenters. The number of halogens is 2. The maximum absolute atomic E-state index is 14.9. The summed E-state index contributed by atoms with van der Waals surface area (Å²) >= 11 is 0. The number of alkyl halides is 1. The average Bonchev–Trinajstić information content (AvgIpc) is 2.87. The Morgan fingerprint density at radius 1 is 1.50 bits per heavy atom. The highest BCUT2D eigenvalue weighted by molar-refractivity contribution is 5.86. The van der Waals surface area contributed by atoms with Crippen molar-refractivity contribution in [1.29, 1.82) is 0 Å². The van der Waals surface area contributed by atoms with Crippen LogP contribution in [0, 0.1) is 5.82 Å². The Morgan fingerprint density at radius 2 is 2.18 bits per heavy atom. The lowest BCUT2D eigenvalue weighted by Crippen LogP contribution is -2.42. The summed E-state index contributed by atoms with van der Waals surface area (Å²) in [6.45, 7) is 2.50. The summed E-state index contributed by atoms with van der Waals surface area (Å²) in [5, 5.41) is 19.6. The molecular formula is C13H16F2N4O3. The molecule has 0 aromatic carbocycles. The zero-order valence-corrected chi connectivity index (χ0v) is 11.9. The van der Waals surface area contributed by atoms with Crippen LogP contribution in [0.5, 0.6) is 0 Å². The van der Waals surface area contributed by atoms with Gasteiger partial charge >= 0.3 is 0 Å². The van der Waals surface area contributed by atoms with Crippen molar-refractivity contribution in [2.75, 3.05) is 5.73 Å². The van der Waals surface area contributed by atoms with E-state index >= 15 is 0 Å². The van der Waals surface area contributed by atoms with E-state index in [0.717, 1.165) is 24.0 Å². The van der Waals surface area contributed by atoms with Crippen molar-refractivity contribution in [3.05, 3.63) is 18.3 Å². The third-order valence-electron chi connectivity index (χ3n) is 3.98. The van der Waals surface area contributed by atoms with Crippen LogP contribution >= 0.6 is 0 Å². The lowest BCUT2D eigenvalue weighted by atomic mass is 9.96. The van der Waals surface area contributed by atoms with Crippen LogP contribution in [-0.4, -0.2) is 48.7 Å². The Hall–Kier alpha value is -1.84. The Kier molecular flexibility index (Phi) is 3.31. The molecule has 1 aliphatic heterocycles. The molecule has 3 rings (SSSR count). The largest absolute Gasteiger partial charge is 0.391 e. The number of aliphatic hydroxyl groups is 2. The number of nitrogens with zero attached hydrogens (tertiary/aromatic N) is 3. The second kappa shape index (κ2) is 4.83. The van der Waals surface area contributed by atoms with Gasteiger partial charge in [-0.2, -0.15) is 0 Å². The summed E-state index contributed by atoms with van der Waals surface area (Å²) in [6, 6.07) is 0. The molecule has 2 aromatic heterocycles. The molecule has 3 heterocycles. The summed E-state index contributed by atoms with van der Waals surface area (Å²) in [5.74, 6) is -0.796. The van der Waals surface area contributed by atoms with E-state index in [9.17, 15) is 19.0 Å². The summed E-state index contributed by atoms with van der Waals surface area (Å²) < 4.78 is 35.5. The van der Waals surface area contributed by atoms with Crippen LogP contribution in [0.3, 0.4) is 0 Å². The molecule has 120 valence electrons. The number of ether oxygens (including phenoxy) is 1. The molecule has 0 radical (unpaired) electrons. The van der Waals surface area contributed by atoms with E-state index in [1.54, 1.807) is 0 Å². The van der Waals surface area contributed by atoms with Gasteiger partial charge in [-0.25, -0.2) is 18.7 Å². The zero-order chi connectivity index (χ0) is 16.2. The van der Waals surface area contributed by atoms with Gasteiger partial charge in [-0.1, -0.05) is 0 Å². The Labute approximate surface area is 124 Å².